The summed E-state index contributed by atoms with van der Waals surface area (Å²) in [6, 6.07) is 16.9. The summed E-state index contributed by atoms with van der Waals surface area (Å²) in [4.78, 5) is 0.755. The van der Waals surface area contributed by atoms with Crippen LogP contribution in [0.4, 0.5) is 0 Å². The van der Waals surface area contributed by atoms with E-state index in [4.69, 9.17) is 5.11 Å². The van der Waals surface area contributed by atoms with Crippen LogP contribution in [0.1, 0.15) is 57.4 Å². The largest absolute Gasteiger partial charge is 0.508 e. The van der Waals surface area contributed by atoms with Crippen LogP contribution in [-0.4, -0.2) is 21.0 Å². The van der Waals surface area contributed by atoms with Crippen molar-refractivity contribution in [1.29, 1.82) is 0 Å². The molecular formula is C22H30O3S. The summed E-state index contributed by atoms with van der Waals surface area (Å²) in [7, 11) is -1.22. The molecule has 26 heavy (non-hydrogen) atoms. The Morgan fingerprint density at radius 2 is 1.54 bits per heavy atom. The Kier molecular flexibility index (Phi) is 8.33. The molecule has 0 bridgehead atoms. The van der Waals surface area contributed by atoms with Crippen molar-refractivity contribution in [3.63, 3.8) is 0 Å². The highest BCUT2D eigenvalue weighted by molar-refractivity contribution is 7.86. The van der Waals surface area contributed by atoms with E-state index in [0.29, 0.717) is 0 Å². The highest BCUT2D eigenvalue weighted by Crippen LogP contribution is 2.42. The summed E-state index contributed by atoms with van der Waals surface area (Å²) in [5, 5.41) is 18.7. The van der Waals surface area contributed by atoms with Crippen LogP contribution in [0.5, 0.6) is 5.75 Å². The number of benzene rings is 2. The smallest absolute Gasteiger partial charge is 0.115 e. The lowest BCUT2D eigenvalue weighted by Crippen LogP contribution is -2.32. The van der Waals surface area contributed by atoms with Gasteiger partial charge in [0.25, 0.3) is 0 Å². The van der Waals surface area contributed by atoms with Crippen LogP contribution in [0.25, 0.3) is 0 Å². The molecule has 2 rings (SSSR count). The predicted molar refractivity (Wildman–Crippen MR) is 108 cm³/mol. The molecule has 2 N–H and O–H groups in total. The lowest BCUT2D eigenvalue weighted by molar-refractivity contribution is 0.280. The van der Waals surface area contributed by atoms with E-state index in [1.54, 1.807) is 24.3 Å². The first kappa shape index (κ1) is 20.7. The molecule has 4 heteroatoms. The van der Waals surface area contributed by atoms with Crippen molar-refractivity contribution in [1.82, 2.24) is 0 Å². The molecule has 0 aromatic heterocycles. The molecule has 0 aliphatic rings. The van der Waals surface area contributed by atoms with Gasteiger partial charge in [0.1, 0.15) is 5.75 Å². The second-order valence-electron chi connectivity index (χ2n) is 6.76. The molecule has 142 valence electrons. The van der Waals surface area contributed by atoms with Gasteiger partial charge in [0.05, 0.1) is 15.5 Å². The summed E-state index contributed by atoms with van der Waals surface area (Å²) in [5.41, 5.74) is 1.11. The number of aromatic hydroxyl groups is 1. The van der Waals surface area contributed by atoms with Gasteiger partial charge in [-0.3, -0.25) is 4.21 Å². The van der Waals surface area contributed by atoms with Crippen molar-refractivity contribution in [2.24, 2.45) is 0 Å². The lowest BCUT2D eigenvalue weighted by atomic mass is 9.87. The number of unbranched alkanes of at least 4 members (excludes halogenated alkanes) is 3. The summed E-state index contributed by atoms with van der Waals surface area (Å²) in [6.07, 6.45) is 6.40. The van der Waals surface area contributed by atoms with E-state index in [-0.39, 0.29) is 12.4 Å². The van der Waals surface area contributed by atoms with Gasteiger partial charge in [-0.15, -0.1) is 0 Å². The monoisotopic (exact) mass is 374 g/mol. The van der Waals surface area contributed by atoms with Gasteiger partial charge < -0.3 is 10.2 Å². The zero-order chi connectivity index (χ0) is 18.8. The lowest BCUT2D eigenvalue weighted by Gasteiger charge is -2.34. The number of hydrogen-bond donors (Lipinski definition) is 2. The summed E-state index contributed by atoms with van der Waals surface area (Å²) in [5.74, 6) is 0.188. The van der Waals surface area contributed by atoms with Crippen molar-refractivity contribution in [3.05, 3.63) is 60.2 Å². The van der Waals surface area contributed by atoms with Crippen LogP contribution >= 0.6 is 0 Å². The summed E-state index contributed by atoms with van der Waals surface area (Å²) in [6.45, 7) is 2.36. The fourth-order valence-electron chi connectivity index (χ4n) is 3.40. The maximum atomic E-state index is 13.7. The summed E-state index contributed by atoms with van der Waals surface area (Å²) >= 11 is 0. The zero-order valence-electron chi connectivity index (χ0n) is 15.6. The third-order valence-corrected chi connectivity index (χ3v) is 6.93. The van der Waals surface area contributed by atoms with Crippen LogP contribution < -0.4 is 0 Å². The Labute approximate surface area is 159 Å². The average molecular weight is 375 g/mol. The van der Waals surface area contributed by atoms with Crippen LogP contribution in [-0.2, 0) is 15.5 Å². The maximum Gasteiger partial charge on any atom is 0.115 e. The third kappa shape index (κ3) is 5.18. The molecule has 3 nitrogen and oxygen atoms in total. The Morgan fingerprint density at radius 3 is 2.15 bits per heavy atom. The maximum absolute atomic E-state index is 13.7. The van der Waals surface area contributed by atoms with Crippen molar-refractivity contribution in [2.45, 2.75) is 61.5 Å². The Morgan fingerprint density at radius 1 is 0.885 bits per heavy atom. The standard InChI is InChI=1S/C22H30O3S/c1-2-3-16-22(17-8-5-9-18-23,19-10-6-4-7-11-19)26(25)21-14-12-20(24)13-15-21/h4,6-7,10-15,23-24H,2-3,5,8-9,16-18H2,1H3. The van der Waals surface area contributed by atoms with Crippen LogP contribution in [0.3, 0.4) is 0 Å². The minimum Gasteiger partial charge on any atom is -0.508 e. The van der Waals surface area contributed by atoms with Crippen molar-refractivity contribution in [2.75, 3.05) is 6.61 Å². The predicted octanol–water partition coefficient (Wildman–Crippen LogP) is 5.14. The molecule has 2 atom stereocenters. The van der Waals surface area contributed by atoms with Gasteiger partial charge in [-0.05, 0) is 49.1 Å². The summed E-state index contributed by atoms with van der Waals surface area (Å²) < 4.78 is 13.3. The second-order valence-corrected chi connectivity index (χ2v) is 8.55. The van der Waals surface area contributed by atoms with Crippen molar-refractivity contribution < 1.29 is 14.4 Å². The fraction of sp³-hybridized carbons (Fsp3) is 0.455. The van der Waals surface area contributed by atoms with E-state index >= 15 is 0 Å². The molecular weight excluding hydrogens is 344 g/mol. The number of phenolic OH excluding ortho intramolecular Hbond substituents is 1. The van der Waals surface area contributed by atoms with E-state index < -0.39 is 15.5 Å². The molecule has 0 amide bonds. The molecule has 0 saturated carbocycles. The SMILES string of the molecule is CCCCC(CCCCCO)(c1ccccc1)S(=O)c1ccc(O)cc1. The van der Waals surface area contributed by atoms with Gasteiger partial charge >= 0.3 is 0 Å². The highest BCUT2D eigenvalue weighted by Gasteiger charge is 2.38. The molecule has 2 aromatic carbocycles. The Bertz CT molecular complexity index is 670. The van der Waals surface area contributed by atoms with Crippen LogP contribution in [0, 0.1) is 0 Å². The van der Waals surface area contributed by atoms with Crippen molar-refractivity contribution in [3.8, 4) is 5.75 Å². The average Bonchev–Trinajstić information content (AvgIpc) is 2.68. The van der Waals surface area contributed by atoms with Gasteiger partial charge in [-0.25, -0.2) is 0 Å². The molecule has 0 aliphatic heterocycles. The van der Waals surface area contributed by atoms with E-state index in [2.05, 4.69) is 19.1 Å². The first-order valence-electron chi connectivity index (χ1n) is 9.51. The van der Waals surface area contributed by atoms with Gasteiger partial charge in [0, 0.05) is 11.5 Å². The normalized spacial score (nSPS) is 14.7. The Hall–Kier alpha value is -1.65. The third-order valence-electron chi connectivity index (χ3n) is 4.88. The van der Waals surface area contributed by atoms with E-state index in [1.807, 2.05) is 18.2 Å². The van der Waals surface area contributed by atoms with Gasteiger partial charge in [-0.1, -0.05) is 62.9 Å². The first-order valence-corrected chi connectivity index (χ1v) is 10.7. The quantitative estimate of drug-likeness (QED) is 0.536. The fourth-order valence-corrected chi connectivity index (χ4v) is 5.25. The number of rotatable bonds is 11. The van der Waals surface area contributed by atoms with Gasteiger partial charge in [0.2, 0.25) is 0 Å². The zero-order valence-corrected chi connectivity index (χ0v) is 16.4. The Balaban J connectivity index is 2.42. The first-order chi connectivity index (χ1) is 12.6. The minimum atomic E-state index is -1.22. The van der Waals surface area contributed by atoms with E-state index in [9.17, 15) is 9.32 Å². The van der Waals surface area contributed by atoms with Gasteiger partial charge in [0.15, 0.2) is 0 Å². The molecule has 0 spiro atoms. The number of phenols is 1. The number of aliphatic hydroxyl groups is 1. The molecule has 0 radical (unpaired) electrons. The highest BCUT2D eigenvalue weighted by atomic mass is 32.2. The molecule has 0 heterocycles. The molecule has 2 unspecified atom stereocenters. The molecule has 0 saturated heterocycles. The van der Waals surface area contributed by atoms with E-state index in [0.717, 1.165) is 55.4 Å². The van der Waals surface area contributed by atoms with E-state index in [1.165, 1.54) is 0 Å². The molecule has 0 aliphatic carbocycles. The van der Waals surface area contributed by atoms with Crippen LogP contribution in [0.2, 0.25) is 0 Å². The van der Waals surface area contributed by atoms with Gasteiger partial charge in [-0.2, -0.15) is 0 Å². The van der Waals surface area contributed by atoms with Crippen LogP contribution in [0.15, 0.2) is 59.5 Å². The second kappa shape index (κ2) is 10.5. The molecule has 0 fully saturated rings. The number of aliphatic hydroxyl groups excluding tert-OH is 1. The molecule has 2 aromatic rings. The minimum absolute atomic E-state index is 0.188. The topological polar surface area (TPSA) is 57.5 Å². The number of hydrogen-bond acceptors (Lipinski definition) is 3. The van der Waals surface area contributed by atoms with Crippen molar-refractivity contribution >= 4 is 10.8 Å².